The van der Waals surface area contributed by atoms with Crippen LogP contribution in [0.1, 0.15) is 28.4 Å². The highest BCUT2D eigenvalue weighted by atomic mass is 35.5. The Morgan fingerprint density at radius 3 is 2.35 bits per heavy atom. The van der Waals surface area contributed by atoms with Crippen LogP contribution in [0, 0.1) is 17.7 Å². The molecule has 3 atom stereocenters. The lowest BCUT2D eigenvalue weighted by molar-refractivity contribution is -0.122. The summed E-state index contributed by atoms with van der Waals surface area (Å²) < 4.78 is 14.2. The van der Waals surface area contributed by atoms with Crippen molar-refractivity contribution in [1.82, 2.24) is 20.0 Å². The van der Waals surface area contributed by atoms with E-state index < -0.39 is 5.82 Å². The quantitative estimate of drug-likeness (QED) is 0.622. The van der Waals surface area contributed by atoms with E-state index in [-0.39, 0.29) is 28.4 Å². The average molecular weight is 487 g/mol. The Morgan fingerprint density at radius 1 is 1.06 bits per heavy atom. The molecule has 0 spiro atoms. The number of carbonyl (C=O) groups excluding carboxylic acids is 2. The lowest BCUT2D eigenvalue weighted by Gasteiger charge is -2.25. The lowest BCUT2D eigenvalue weighted by Crippen LogP contribution is -2.38. The molecule has 2 heterocycles. The molecule has 2 aliphatic heterocycles. The van der Waals surface area contributed by atoms with Crippen molar-refractivity contribution in [3.8, 4) is 0 Å². The summed E-state index contributed by atoms with van der Waals surface area (Å²) in [5, 5.41) is 3.34. The van der Waals surface area contributed by atoms with Gasteiger partial charge < -0.3 is 20.0 Å². The summed E-state index contributed by atoms with van der Waals surface area (Å²) in [5.74, 6) is -0.143. The van der Waals surface area contributed by atoms with Crippen LogP contribution in [0.5, 0.6) is 0 Å². The summed E-state index contributed by atoms with van der Waals surface area (Å²) >= 11 is 6.10. The van der Waals surface area contributed by atoms with Gasteiger partial charge in [0.05, 0.1) is 23.2 Å². The van der Waals surface area contributed by atoms with Crippen molar-refractivity contribution in [2.45, 2.75) is 12.5 Å². The minimum absolute atomic E-state index is 0.0121. The number of nitrogens with zero attached hydrogens (tertiary/aromatic N) is 3. The zero-order chi connectivity index (χ0) is 24.2. The van der Waals surface area contributed by atoms with Gasteiger partial charge >= 0.3 is 0 Å². The second-order valence-electron chi connectivity index (χ2n) is 9.64. The van der Waals surface area contributed by atoms with Gasteiger partial charge in [-0.25, -0.2) is 4.39 Å². The van der Waals surface area contributed by atoms with E-state index in [2.05, 4.69) is 22.3 Å². The van der Waals surface area contributed by atoms with E-state index in [4.69, 9.17) is 11.6 Å². The Kier molecular flexibility index (Phi) is 7.86. The molecule has 3 unspecified atom stereocenters. The summed E-state index contributed by atoms with van der Waals surface area (Å²) in [6, 6.07) is 14.4. The highest BCUT2D eigenvalue weighted by molar-refractivity contribution is 6.33. The molecule has 2 saturated heterocycles. The number of hydrogen-bond donors (Lipinski definition) is 1. The van der Waals surface area contributed by atoms with Crippen molar-refractivity contribution in [3.05, 3.63) is 70.5 Å². The van der Waals surface area contributed by atoms with Gasteiger partial charge in [-0.05, 0) is 50.0 Å². The van der Waals surface area contributed by atoms with E-state index in [1.807, 2.05) is 37.2 Å². The molecule has 182 valence electrons. The smallest absolute Gasteiger partial charge is 0.258 e. The standard InChI is InChI=1S/C26H32ClFN4O2/c1-30(2)17-24(33)29-23(18-7-4-3-5-8-18)11-12-31-13-19-15-32(16-20(19)14-31)26(34)25-21(27)9-6-10-22(25)28/h3-10,19-20,23H,11-17H2,1-2H3,(H,29,33). The zero-order valence-corrected chi connectivity index (χ0v) is 20.5. The molecule has 0 saturated carbocycles. The number of benzene rings is 2. The van der Waals surface area contributed by atoms with Crippen LogP contribution in [0.25, 0.3) is 0 Å². The third-order valence-corrected chi connectivity index (χ3v) is 7.07. The second-order valence-corrected chi connectivity index (χ2v) is 10.1. The van der Waals surface area contributed by atoms with Crippen LogP contribution in [0.4, 0.5) is 4.39 Å². The van der Waals surface area contributed by atoms with Crippen molar-refractivity contribution >= 4 is 23.4 Å². The summed E-state index contributed by atoms with van der Waals surface area (Å²) in [6.07, 6.45) is 0.816. The number of carbonyl (C=O) groups is 2. The molecule has 0 aliphatic carbocycles. The van der Waals surface area contributed by atoms with Gasteiger partial charge in [-0.15, -0.1) is 0 Å². The molecule has 2 aliphatic rings. The van der Waals surface area contributed by atoms with Crippen molar-refractivity contribution in [1.29, 1.82) is 0 Å². The Labute approximate surface area is 205 Å². The van der Waals surface area contributed by atoms with E-state index in [1.54, 1.807) is 11.0 Å². The first-order chi connectivity index (χ1) is 16.3. The summed E-state index contributed by atoms with van der Waals surface area (Å²) in [7, 11) is 3.77. The average Bonchev–Trinajstić information content (AvgIpc) is 3.35. The molecule has 34 heavy (non-hydrogen) atoms. The maximum absolute atomic E-state index is 14.2. The molecular formula is C26H32ClFN4O2. The molecule has 2 amide bonds. The van der Waals surface area contributed by atoms with Crippen LogP contribution in [0.3, 0.4) is 0 Å². The Hall–Kier alpha value is -2.48. The third-order valence-electron chi connectivity index (χ3n) is 6.76. The highest BCUT2D eigenvalue weighted by Crippen LogP contribution is 2.33. The summed E-state index contributed by atoms with van der Waals surface area (Å²) in [5.41, 5.74) is 1.08. The maximum Gasteiger partial charge on any atom is 0.258 e. The molecule has 8 heteroatoms. The van der Waals surface area contributed by atoms with Gasteiger partial charge in [-0.1, -0.05) is 48.0 Å². The number of nitrogens with one attached hydrogen (secondary N) is 1. The first-order valence-electron chi connectivity index (χ1n) is 11.8. The number of rotatable bonds is 8. The van der Waals surface area contributed by atoms with Gasteiger partial charge in [0.1, 0.15) is 5.82 Å². The number of amides is 2. The number of likely N-dealkylation sites (tertiary alicyclic amines) is 2. The predicted octanol–water partition coefficient (Wildman–Crippen LogP) is 3.29. The molecule has 2 aromatic rings. The van der Waals surface area contributed by atoms with Gasteiger partial charge in [0.25, 0.3) is 5.91 Å². The van der Waals surface area contributed by atoms with Crippen LogP contribution in [-0.4, -0.2) is 79.9 Å². The van der Waals surface area contributed by atoms with Crippen LogP contribution in [-0.2, 0) is 4.79 Å². The Morgan fingerprint density at radius 2 is 1.74 bits per heavy atom. The van der Waals surface area contributed by atoms with Crippen LogP contribution < -0.4 is 5.32 Å². The van der Waals surface area contributed by atoms with Crippen molar-refractivity contribution in [2.75, 3.05) is 53.4 Å². The molecule has 6 nitrogen and oxygen atoms in total. The van der Waals surface area contributed by atoms with E-state index in [9.17, 15) is 14.0 Å². The molecule has 2 fully saturated rings. The number of likely N-dealkylation sites (N-methyl/N-ethyl adjacent to an activating group) is 1. The molecule has 4 rings (SSSR count). The second kappa shape index (κ2) is 10.8. The first-order valence-corrected chi connectivity index (χ1v) is 12.1. The Balaban J connectivity index is 1.33. The molecule has 0 radical (unpaired) electrons. The first kappa shape index (κ1) is 24.6. The topological polar surface area (TPSA) is 55.9 Å². The lowest BCUT2D eigenvalue weighted by atomic mass is 10.0. The zero-order valence-electron chi connectivity index (χ0n) is 19.7. The van der Waals surface area contributed by atoms with Gasteiger partial charge in [0.15, 0.2) is 0 Å². The molecule has 0 aromatic heterocycles. The predicted molar refractivity (Wildman–Crippen MR) is 131 cm³/mol. The van der Waals surface area contributed by atoms with Gasteiger partial charge in [-0.2, -0.15) is 0 Å². The molecule has 2 aromatic carbocycles. The fourth-order valence-electron chi connectivity index (χ4n) is 5.15. The maximum atomic E-state index is 14.2. The largest absolute Gasteiger partial charge is 0.348 e. The van der Waals surface area contributed by atoms with Crippen molar-refractivity contribution in [3.63, 3.8) is 0 Å². The Bertz CT molecular complexity index is 985. The van der Waals surface area contributed by atoms with E-state index in [0.29, 0.717) is 31.5 Å². The van der Waals surface area contributed by atoms with Crippen molar-refractivity contribution < 1.29 is 14.0 Å². The van der Waals surface area contributed by atoms with Gasteiger partial charge in [0.2, 0.25) is 5.91 Å². The fraction of sp³-hybridized carbons (Fsp3) is 0.462. The normalized spacial score (nSPS) is 21.0. The monoisotopic (exact) mass is 486 g/mol. The minimum Gasteiger partial charge on any atom is -0.348 e. The minimum atomic E-state index is -0.570. The SMILES string of the molecule is CN(C)CC(=O)NC(CCN1CC2CN(C(=O)c3c(F)cccc3Cl)CC2C1)c1ccccc1. The molecule has 1 N–H and O–H groups in total. The molecular weight excluding hydrogens is 455 g/mol. The van der Waals surface area contributed by atoms with Gasteiger partial charge in [0, 0.05) is 32.7 Å². The van der Waals surface area contributed by atoms with Gasteiger partial charge in [-0.3, -0.25) is 9.59 Å². The number of hydrogen-bond acceptors (Lipinski definition) is 4. The van der Waals surface area contributed by atoms with Crippen LogP contribution in [0.2, 0.25) is 5.02 Å². The number of fused-ring (bicyclic) bond motifs is 1. The van der Waals surface area contributed by atoms with E-state index in [0.717, 1.165) is 31.6 Å². The third kappa shape index (κ3) is 5.77. The highest BCUT2D eigenvalue weighted by Gasteiger charge is 2.42. The summed E-state index contributed by atoms with van der Waals surface area (Å²) in [4.78, 5) is 31.3. The van der Waals surface area contributed by atoms with Crippen LogP contribution in [0.15, 0.2) is 48.5 Å². The molecule has 0 bridgehead atoms. The fourth-order valence-corrected chi connectivity index (χ4v) is 5.39. The van der Waals surface area contributed by atoms with Crippen LogP contribution >= 0.6 is 11.6 Å². The van der Waals surface area contributed by atoms with E-state index >= 15 is 0 Å². The number of halogens is 2. The van der Waals surface area contributed by atoms with Crippen molar-refractivity contribution in [2.24, 2.45) is 11.8 Å². The van der Waals surface area contributed by atoms with E-state index in [1.165, 1.54) is 12.1 Å². The summed E-state index contributed by atoms with van der Waals surface area (Å²) in [6.45, 7) is 4.24.